The molecule has 0 N–H and O–H groups in total. The third-order valence-electron chi connectivity index (χ3n) is 3.32. The molecule has 22 heavy (non-hydrogen) atoms. The number of benzene rings is 1. The zero-order valence-electron chi connectivity index (χ0n) is 12.9. The summed E-state index contributed by atoms with van der Waals surface area (Å²) < 4.78 is 4.97. The van der Waals surface area contributed by atoms with Gasteiger partial charge in [0.1, 0.15) is 11.7 Å². The second-order valence-corrected chi connectivity index (χ2v) is 5.00. The van der Waals surface area contributed by atoms with Crippen molar-refractivity contribution in [1.82, 2.24) is 0 Å². The molecule has 0 aromatic heterocycles. The van der Waals surface area contributed by atoms with Crippen LogP contribution in [0.5, 0.6) is 0 Å². The Morgan fingerprint density at radius 1 is 1.23 bits per heavy atom. The summed E-state index contributed by atoms with van der Waals surface area (Å²) in [5.74, 6) is -1.51. The zero-order valence-corrected chi connectivity index (χ0v) is 12.9. The van der Waals surface area contributed by atoms with Crippen LogP contribution < -0.4 is 0 Å². The predicted molar refractivity (Wildman–Crippen MR) is 81.5 cm³/mol. The van der Waals surface area contributed by atoms with Gasteiger partial charge in [0.2, 0.25) is 0 Å². The summed E-state index contributed by atoms with van der Waals surface area (Å²) >= 11 is 0. The van der Waals surface area contributed by atoms with Crippen LogP contribution in [-0.4, -0.2) is 23.3 Å². The second-order valence-electron chi connectivity index (χ2n) is 5.00. The highest BCUT2D eigenvalue weighted by Gasteiger charge is 2.27. The van der Waals surface area contributed by atoms with Crippen molar-refractivity contribution in [2.75, 3.05) is 6.61 Å². The Morgan fingerprint density at radius 2 is 1.86 bits per heavy atom. The highest BCUT2D eigenvalue weighted by Crippen LogP contribution is 2.18. The Kier molecular flexibility index (Phi) is 7.22. The summed E-state index contributed by atoms with van der Waals surface area (Å²) in [4.78, 5) is 34.3. The standard InChI is InChI=1S/C16H21NO5/c1-3-5-6-15(18)14(16(19)22-4-2)11-12-7-9-13(10-8-12)17(20)21/h7-10,14H,3-6,11H2,1-2H3. The van der Waals surface area contributed by atoms with Gasteiger partial charge in [0.25, 0.3) is 5.69 Å². The molecule has 1 aromatic carbocycles. The molecule has 0 heterocycles. The van der Waals surface area contributed by atoms with E-state index in [2.05, 4.69) is 0 Å². The first-order chi connectivity index (χ1) is 10.5. The summed E-state index contributed by atoms with van der Waals surface area (Å²) in [5, 5.41) is 10.6. The average molecular weight is 307 g/mol. The van der Waals surface area contributed by atoms with Crippen LogP contribution in [0.25, 0.3) is 0 Å². The fourth-order valence-electron chi connectivity index (χ4n) is 2.09. The molecule has 6 nitrogen and oxygen atoms in total. The zero-order chi connectivity index (χ0) is 16.5. The van der Waals surface area contributed by atoms with Crippen molar-refractivity contribution >= 4 is 17.4 Å². The third-order valence-corrected chi connectivity index (χ3v) is 3.32. The maximum Gasteiger partial charge on any atom is 0.316 e. The number of non-ortho nitro benzene ring substituents is 1. The molecule has 6 heteroatoms. The number of esters is 1. The summed E-state index contributed by atoms with van der Waals surface area (Å²) in [6, 6.07) is 5.87. The molecule has 0 fully saturated rings. The molecule has 0 radical (unpaired) electrons. The second kappa shape index (κ2) is 8.92. The van der Waals surface area contributed by atoms with E-state index in [-0.39, 0.29) is 24.5 Å². The third kappa shape index (κ3) is 5.27. The van der Waals surface area contributed by atoms with Crippen molar-refractivity contribution in [3.8, 4) is 0 Å². The molecule has 1 unspecified atom stereocenters. The Morgan fingerprint density at radius 3 is 2.36 bits per heavy atom. The summed E-state index contributed by atoms with van der Waals surface area (Å²) in [6.45, 7) is 3.89. The Bertz CT molecular complexity index is 524. The van der Waals surface area contributed by atoms with Crippen LogP contribution in [0.3, 0.4) is 0 Å². The van der Waals surface area contributed by atoms with Gasteiger partial charge in [0.15, 0.2) is 0 Å². The van der Waals surface area contributed by atoms with E-state index in [1.54, 1.807) is 19.1 Å². The smallest absolute Gasteiger partial charge is 0.316 e. The Labute approximate surface area is 129 Å². The van der Waals surface area contributed by atoms with Crippen molar-refractivity contribution < 1.29 is 19.2 Å². The number of unbranched alkanes of at least 4 members (excludes halogenated alkanes) is 1. The molecule has 1 aromatic rings. The lowest BCUT2D eigenvalue weighted by Gasteiger charge is -2.14. The van der Waals surface area contributed by atoms with Gasteiger partial charge in [-0.25, -0.2) is 0 Å². The molecule has 0 spiro atoms. The number of ether oxygens (including phenoxy) is 1. The van der Waals surface area contributed by atoms with Crippen molar-refractivity contribution in [2.45, 2.75) is 39.5 Å². The fraction of sp³-hybridized carbons (Fsp3) is 0.500. The topological polar surface area (TPSA) is 86.5 Å². The highest BCUT2D eigenvalue weighted by molar-refractivity contribution is 5.99. The predicted octanol–water partition coefficient (Wildman–Crippen LogP) is 3.08. The number of Topliss-reactive ketones (excluding diaryl/α,β-unsaturated/α-hetero) is 1. The molecule has 1 atom stereocenters. The van der Waals surface area contributed by atoms with E-state index in [1.165, 1.54) is 12.1 Å². The van der Waals surface area contributed by atoms with Crippen molar-refractivity contribution in [1.29, 1.82) is 0 Å². The van der Waals surface area contributed by atoms with Gasteiger partial charge in [-0.15, -0.1) is 0 Å². The molecular weight excluding hydrogens is 286 g/mol. The van der Waals surface area contributed by atoms with Crippen LogP contribution in [-0.2, 0) is 20.7 Å². The first-order valence-corrected chi connectivity index (χ1v) is 7.42. The quantitative estimate of drug-likeness (QED) is 0.303. The number of hydrogen-bond acceptors (Lipinski definition) is 5. The monoisotopic (exact) mass is 307 g/mol. The van der Waals surface area contributed by atoms with E-state index in [1.807, 2.05) is 6.92 Å². The molecule has 0 bridgehead atoms. The van der Waals surface area contributed by atoms with Crippen LogP contribution in [0.15, 0.2) is 24.3 Å². The van der Waals surface area contributed by atoms with Crippen LogP contribution in [0.2, 0.25) is 0 Å². The number of ketones is 1. The average Bonchev–Trinajstić information content (AvgIpc) is 2.50. The first kappa shape index (κ1) is 17.8. The lowest BCUT2D eigenvalue weighted by atomic mass is 9.92. The van der Waals surface area contributed by atoms with Gasteiger partial charge >= 0.3 is 5.97 Å². The lowest BCUT2D eigenvalue weighted by Crippen LogP contribution is -2.28. The number of nitro groups is 1. The van der Waals surface area contributed by atoms with Gasteiger partial charge in [-0.2, -0.15) is 0 Å². The minimum absolute atomic E-state index is 0.0197. The van der Waals surface area contributed by atoms with Crippen molar-refractivity contribution in [3.05, 3.63) is 39.9 Å². The fourth-order valence-corrected chi connectivity index (χ4v) is 2.09. The van der Waals surface area contributed by atoms with Crippen molar-refractivity contribution in [3.63, 3.8) is 0 Å². The Balaban J connectivity index is 2.84. The molecule has 120 valence electrons. The number of carbonyl (C=O) groups is 2. The normalized spacial score (nSPS) is 11.7. The summed E-state index contributed by atoms with van der Waals surface area (Å²) in [6.07, 6.45) is 2.15. The maximum absolute atomic E-state index is 12.2. The lowest BCUT2D eigenvalue weighted by molar-refractivity contribution is -0.384. The van der Waals surface area contributed by atoms with E-state index in [0.29, 0.717) is 12.0 Å². The highest BCUT2D eigenvalue weighted by atomic mass is 16.6. The number of carbonyl (C=O) groups excluding carboxylic acids is 2. The van der Waals surface area contributed by atoms with Gasteiger partial charge in [-0.1, -0.05) is 25.5 Å². The molecule has 1 rings (SSSR count). The molecular formula is C16H21NO5. The van der Waals surface area contributed by atoms with E-state index < -0.39 is 16.8 Å². The minimum atomic E-state index is -0.840. The van der Waals surface area contributed by atoms with Gasteiger partial charge in [0.05, 0.1) is 11.5 Å². The molecule has 0 amide bonds. The maximum atomic E-state index is 12.2. The largest absolute Gasteiger partial charge is 0.465 e. The first-order valence-electron chi connectivity index (χ1n) is 7.42. The van der Waals surface area contributed by atoms with Crippen LogP contribution in [0.1, 0.15) is 38.7 Å². The minimum Gasteiger partial charge on any atom is -0.465 e. The van der Waals surface area contributed by atoms with Gasteiger partial charge in [0, 0.05) is 18.6 Å². The SMILES string of the molecule is CCCCC(=O)C(Cc1ccc([N+](=O)[O-])cc1)C(=O)OCC. The molecule has 0 aliphatic heterocycles. The van der Waals surface area contributed by atoms with Gasteiger partial charge < -0.3 is 4.74 Å². The molecule has 0 saturated carbocycles. The van der Waals surface area contributed by atoms with Crippen LogP contribution in [0.4, 0.5) is 5.69 Å². The van der Waals surface area contributed by atoms with E-state index in [0.717, 1.165) is 12.8 Å². The molecule has 0 saturated heterocycles. The molecule has 0 aliphatic carbocycles. The van der Waals surface area contributed by atoms with Gasteiger partial charge in [-0.05, 0) is 25.3 Å². The molecule has 0 aliphatic rings. The Hall–Kier alpha value is -2.24. The summed E-state index contributed by atoms with van der Waals surface area (Å²) in [5.41, 5.74) is 0.683. The van der Waals surface area contributed by atoms with Crippen molar-refractivity contribution in [2.24, 2.45) is 5.92 Å². The van der Waals surface area contributed by atoms with E-state index in [9.17, 15) is 19.7 Å². The number of nitro benzene ring substituents is 1. The summed E-state index contributed by atoms with van der Waals surface area (Å²) in [7, 11) is 0. The number of rotatable bonds is 9. The van der Waals surface area contributed by atoms with Crippen LogP contribution >= 0.6 is 0 Å². The number of nitrogens with zero attached hydrogens (tertiary/aromatic N) is 1. The van der Waals surface area contributed by atoms with Gasteiger partial charge in [-0.3, -0.25) is 19.7 Å². The van der Waals surface area contributed by atoms with Crippen LogP contribution in [0, 0.1) is 16.0 Å². The van der Waals surface area contributed by atoms with E-state index >= 15 is 0 Å². The number of hydrogen-bond donors (Lipinski definition) is 0. The van der Waals surface area contributed by atoms with E-state index in [4.69, 9.17) is 4.74 Å².